The quantitative estimate of drug-likeness (QED) is 0.702. The zero-order valence-electron chi connectivity index (χ0n) is 18.6. The van der Waals surface area contributed by atoms with Crippen LogP contribution in [0.5, 0.6) is 0 Å². The van der Waals surface area contributed by atoms with Crippen LogP contribution >= 0.6 is 11.3 Å². The number of nitrogens with zero attached hydrogens (tertiary/aromatic N) is 2. The number of hydrogen-bond acceptors (Lipinski definition) is 7. The predicted molar refractivity (Wildman–Crippen MR) is 119 cm³/mol. The highest BCUT2D eigenvalue weighted by molar-refractivity contribution is 7.16. The lowest BCUT2D eigenvalue weighted by Crippen LogP contribution is -2.53. The molecule has 0 radical (unpaired) electrons. The van der Waals surface area contributed by atoms with Gasteiger partial charge in [0.15, 0.2) is 0 Å². The first-order valence-corrected chi connectivity index (χ1v) is 12.3. The molecule has 0 saturated carbocycles. The third-order valence-corrected chi connectivity index (χ3v) is 8.54. The minimum absolute atomic E-state index is 0.0171. The maximum Gasteiger partial charge on any atom is 0.314 e. The number of nitrogen functional groups attached to an aromatic ring is 1. The van der Waals surface area contributed by atoms with Gasteiger partial charge < -0.3 is 20.1 Å². The number of rotatable bonds is 2. The lowest BCUT2D eigenvalue weighted by Gasteiger charge is -2.44. The van der Waals surface area contributed by atoms with Gasteiger partial charge in [-0.05, 0) is 58.1 Å². The first-order chi connectivity index (χ1) is 14.8. The molecule has 4 aliphatic heterocycles. The number of anilines is 1. The largest absolute Gasteiger partial charge is 0.459 e. The third kappa shape index (κ3) is 3.76. The molecule has 3 saturated heterocycles. The summed E-state index contributed by atoms with van der Waals surface area (Å²) in [5, 5.41) is 0.628. The summed E-state index contributed by atoms with van der Waals surface area (Å²) >= 11 is 1.50. The molecule has 5 heterocycles. The van der Waals surface area contributed by atoms with E-state index in [0.29, 0.717) is 24.3 Å². The van der Waals surface area contributed by atoms with Crippen molar-refractivity contribution in [2.45, 2.75) is 70.6 Å². The van der Waals surface area contributed by atoms with Crippen molar-refractivity contribution in [2.75, 3.05) is 38.5 Å². The fourth-order valence-corrected chi connectivity index (χ4v) is 7.20. The molecule has 1 amide bonds. The van der Waals surface area contributed by atoms with Crippen molar-refractivity contribution in [1.29, 1.82) is 0 Å². The van der Waals surface area contributed by atoms with Gasteiger partial charge in [-0.3, -0.25) is 14.5 Å². The summed E-state index contributed by atoms with van der Waals surface area (Å²) in [6.45, 7) is 8.55. The molecular weight excluding hydrogens is 414 g/mol. The molecule has 1 atom stereocenters. The molecule has 7 nitrogen and oxygen atoms in total. The van der Waals surface area contributed by atoms with Crippen molar-refractivity contribution in [1.82, 2.24) is 9.80 Å². The predicted octanol–water partition coefficient (Wildman–Crippen LogP) is 2.82. The molecule has 1 spiro atoms. The second-order valence-electron chi connectivity index (χ2n) is 10.2. The Morgan fingerprint density at radius 2 is 2.00 bits per heavy atom. The van der Waals surface area contributed by atoms with Crippen LogP contribution in [0, 0.1) is 5.41 Å². The maximum atomic E-state index is 13.3. The van der Waals surface area contributed by atoms with E-state index in [4.69, 9.17) is 15.2 Å². The highest BCUT2D eigenvalue weighted by atomic mass is 32.1. The topological polar surface area (TPSA) is 85.1 Å². The summed E-state index contributed by atoms with van der Waals surface area (Å²) in [5.41, 5.74) is 7.35. The summed E-state index contributed by atoms with van der Waals surface area (Å²) in [4.78, 5) is 31.6. The summed E-state index contributed by atoms with van der Waals surface area (Å²) in [7, 11) is 0. The fraction of sp³-hybridized carbons (Fsp3) is 0.739. The highest BCUT2D eigenvalue weighted by Gasteiger charge is 2.54. The van der Waals surface area contributed by atoms with E-state index in [0.717, 1.165) is 80.7 Å². The van der Waals surface area contributed by atoms with Gasteiger partial charge in [0.25, 0.3) is 5.91 Å². The second-order valence-corrected chi connectivity index (χ2v) is 11.4. The van der Waals surface area contributed by atoms with Crippen molar-refractivity contribution in [3.63, 3.8) is 0 Å². The maximum absolute atomic E-state index is 13.3. The summed E-state index contributed by atoms with van der Waals surface area (Å²) in [5.74, 6) is 0.0584. The van der Waals surface area contributed by atoms with E-state index in [1.54, 1.807) is 0 Å². The smallest absolute Gasteiger partial charge is 0.314 e. The van der Waals surface area contributed by atoms with Crippen LogP contribution in [0.15, 0.2) is 0 Å². The van der Waals surface area contributed by atoms with E-state index < -0.39 is 0 Å². The van der Waals surface area contributed by atoms with Gasteiger partial charge in [0.2, 0.25) is 0 Å². The van der Waals surface area contributed by atoms with Gasteiger partial charge >= 0.3 is 5.97 Å². The van der Waals surface area contributed by atoms with E-state index in [9.17, 15) is 9.59 Å². The van der Waals surface area contributed by atoms with E-state index in [1.807, 2.05) is 18.7 Å². The Hall–Kier alpha value is -1.64. The van der Waals surface area contributed by atoms with Crippen molar-refractivity contribution in [3.8, 4) is 0 Å². The number of likely N-dealkylation sites (tertiary alicyclic amines) is 2. The van der Waals surface area contributed by atoms with Crippen LogP contribution in [-0.2, 0) is 27.3 Å². The number of nitrogens with two attached hydrogens (primary N) is 1. The van der Waals surface area contributed by atoms with Crippen LogP contribution < -0.4 is 5.73 Å². The van der Waals surface area contributed by atoms with Gasteiger partial charge in [0, 0.05) is 37.0 Å². The van der Waals surface area contributed by atoms with Gasteiger partial charge in [-0.1, -0.05) is 0 Å². The highest BCUT2D eigenvalue weighted by Crippen LogP contribution is 2.47. The van der Waals surface area contributed by atoms with Crippen LogP contribution in [0.3, 0.4) is 0 Å². The fourth-order valence-electron chi connectivity index (χ4n) is 6.15. The van der Waals surface area contributed by atoms with Crippen LogP contribution in [0.25, 0.3) is 0 Å². The minimum atomic E-state index is -0.361. The summed E-state index contributed by atoms with van der Waals surface area (Å²) < 4.78 is 11.2. The van der Waals surface area contributed by atoms with Crippen LogP contribution in [-0.4, -0.2) is 66.1 Å². The number of cyclic esters (lactones) is 1. The zero-order valence-corrected chi connectivity index (χ0v) is 19.4. The first-order valence-electron chi connectivity index (χ1n) is 11.5. The molecule has 1 aromatic rings. The van der Waals surface area contributed by atoms with Crippen molar-refractivity contribution in [3.05, 3.63) is 16.0 Å². The standard InChI is InChI=1S/C23H33N3O4S/c1-22(2)13-23(21(28)30-22)7-3-8-26(14-23)15-4-9-25(10-5-15)20(27)18-16-6-11-29-12-17(16)31-19(18)24/h15H,3-14,24H2,1-2H3. The first kappa shape index (κ1) is 21.2. The molecule has 2 N–H and O–H groups in total. The number of hydrogen-bond donors (Lipinski definition) is 1. The number of esters is 1. The molecule has 3 fully saturated rings. The Morgan fingerprint density at radius 3 is 2.71 bits per heavy atom. The lowest BCUT2D eigenvalue weighted by atomic mass is 9.74. The van der Waals surface area contributed by atoms with Gasteiger partial charge in [-0.2, -0.15) is 0 Å². The van der Waals surface area contributed by atoms with Crippen LogP contribution in [0.2, 0.25) is 0 Å². The minimum Gasteiger partial charge on any atom is -0.459 e. The van der Waals surface area contributed by atoms with Crippen molar-refractivity contribution in [2.24, 2.45) is 5.41 Å². The number of fused-ring (bicyclic) bond motifs is 1. The molecule has 5 rings (SSSR count). The molecule has 0 bridgehead atoms. The molecule has 0 aromatic carbocycles. The molecular formula is C23H33N3O4S. The average molecular weight is 448 g/mol. The molecule has 0 aliphatic carbocycles. The Balaban J connectivity index is 1.24. The van der Waals surface area contributed by atoms with E-state index in [2.05, 4.69) is 4.90 Å². The zero-order chi connectivity index (χ0) is 21.8. The van der Waals surface area contributed by atoms with Crippen LogP contribution in [0.1, 0.15) is 66.8 Å². The van der Waals surface area contributed by atoms with E-state index in [-0.39, 0.29) is 22.9 Å². The molecule has 31 heavy (non-hydrogen) atoms. The SMILES string of the molecule is CC1(C)CC2(CCCN(C3CCN(C(=O)c4c(N)sc5c4CCOC5)CC3)C2)C(=O)O1. The Labute approximate surface area is 187 Å². The molecule has 4 aliphatic rings. The average Bonchev–Trinajstić information content (AvgIpc) is 3.19. The normalized spacial score (nSPS) is 29.2. The molecule has 8 heteroatoms. The molecule has 1 unspecified atom stereocenters. The Kier molecular flexibility index (Phi) is 5.30. The number of thiophene rings is 1. The Bertz CT molecular complexity index is 890. The van der Waals surface area contributed by atoms with Gasteiger partial charge in [0.05, 0.1) is 29.2 Å². The monoisotopic (exact) mass is 447 g/mol. The van der Waals surface area contributed by atoms with Crippen LogP contribution in [0.4, 0.5) is 5.00 Å². The number of carbonyl (C=O) groups excluding carboxylic acids is 2. The van der Waals surface area contributed by atoms with Gasteiger partial charge in [-0.15, -0.1) is 11.3 Å². The summed E-state index contributed by atoms with van der Waals surface area (Å²) in [6.07, 6.45) is 5.41. The van der Waals surface area contributed by atoms with Crippen molar-refractivity contribution < 1.29 is 19.1 Å². The van der Waals surface area contributed by atoms with Crippen molar-refractivity contribution >= 4 is 28.2 Å². The molecule has 1 aromatic heterocycles. The number of amides is 1. The van der Waals surface area contributed by atoms with Gasteiger partial charge in [-0.25, -0.2) is 0 Å². The summed E-state index contributed by atoms with van der Waals surface area (Å²) in [6, 6.07) is 0.417. The lowest BCUT2D eigenvalue weighted by molar-refractivity contribution is -0.154. The number of carbonyl (C=O) groups is 2. The van der Waals surface area contributed by atoms with E-state index >= 15 is 0 Å². The third-order valence-electron chi connectivity index (χ3n) is 7.50. The van der Waals surface area contributed by atoms with E-state index in [1.165, 1.54) is 11.3 Å². The second kappa shape index (κ2) is 7.74. The Morgan fingerprint density at radius 1 is 1.23 bits per heavy atom. The number of piperidine rings is 2. The number of ether oxygens (including phenoxy) is 2. The molecule has 170 valence electrons. The van der Waals surface area contributed by atoms with Gasteiger partial charge in [0.1, 0.15) is 5.60 Å².